The van der Waals surface area contributed by atoms with E-state index >= 15 is 0 Å². The van der Waals surface area contributed by atoms with Crippen molar-refractivity contribution >= 4 is 0 Å². The van der Waals surface area contributed by atoms with Crippen molar-refractivity contribution in [2.75, 3.05) is 7.11 Å². The molecule has 2 aliphatic rings. The molecule has 0 saturated heterocycles. The number of rotatable bonds is 2. The highest BCUT2D eigenvalue weighted by Gasteiger charge is 2.39. The molecule has 1 fully saturated rings. The molecule has 2 aromatic rings. The number of aromatic hydroxyl groups is 2. The maximum Gasteiger partial charge on any atom is 0.160 e. The largest absolute Gasteiger partial charge is 0.508 e. The summed E-state index contributed by atoms with van der Waals surface area (Å²) < 4.78 is 5.32. The molecule has 1 saturated carbocycles. The van der Waals surface area contributed by atoms with Gasteiger partial charge >= 0.3 is 0 Å². The summed E-state index contributed by atoms with van der Waals surface area (Å²) in [5.74, 6) is 2.73. The Labute approximate surface area is 142 Å². The van der Waals surface area contributed by atoms with Crippen molar-refractivity contribution in [3.8, 4) is 17.2 Å². The van der Waals surface area contributed by atoms with Crippen LogP contribution in [0.15, 0.2) is 36.4 Å². The molecule has 0 bridgehead atoms. The lowest BCUT2D eigenvalue weighted by Gasteiger charge is -2.43. The van der Waals surface area contributed by atoms with E-state index in [0.29, 0.717) is 29.3 Å². The number of methoxy groups -OCH3 is 1. The fourth-order valence-electron chi connectivity index (χ4n) is 4.81. The fraction of sp³-hybridized carbons (Fsp3) is 0.429. The van der Waals surface area contributed by atoms with E-state index in [1.165, 1.54) is 42.4 Å². The van der Waals surface area contributed by atoms with Gasteiger partial charge in [-0.2, -0.15) is 0 Å². The van der Waals surface area contributed by atoms with Gasteiger partial charge in [-0.1, -0.05) is 25.0 Å². The first-order valence-corrected chi connectivity index (χ1v) is 8.86. The molecular formula is C21H24O3. The molecule has 0 heterocycles. The number of ether oxygens (including phenoxy) is 1. The average molecular weight is 324 g/mol. The molecule has 2 aliphatic carbocycles. The molecule has 2 aromatic carbocycles. The Balaban J connectivity index is 1.79. The molecule has 24 heavy (non-hydrogen) atoms. The molecular weight excluding hydrogens is 300 g/mol. The predicted molar refractivity (Wildman–Crippen MR) is 93.9 cm³/mol. The zero-order valence-electron chi connectivity index (χ0n) is 14.0. The fourth-order valence-corrected chi connectivity index (χ4v) is 4.81. The lowest BCUT2D eigenvalue weighted by molar-refractivity contribution is 0.242. The standard InChI is InChI=1S/C21H24O3/c1-24-21-11-14-10-18(13-6-8-15(22)9-7-13)16-4-2-3-5-17(16)19(14)12-20(21)23/h6-9,11-12,16-18,22-23H,2-5,10H2,1H3. The molecule has 0 aliphatic heterocycles. The van der Waals surface area contributed by atoms with Crippen molar-refractivity contribution in [3.63, 3.8) is 0 Å². The van der Waals surface area contributed by atoms with E-state index in [2.05, 4.69) is 12.1 Å². The third-order valence-electron chi connectivity index (χ3n) is 5.94. The quantitative estimate of drug-likeness (QED) is 0.840. The van der Waals surface area contributed by atoms with Gasteiger partial charge in [0.25, 0.3) is 0 Å². The minimum atomic E-state index is 0.253. The summed E-state index contributed by atoms with van der Waals surface area (Å²) in [5.41, 5.74) is 3.92. The number of benzene rings is 2. The molecule has 3 nitrogen and oxygen atoms in total. The number of hydrogen-bond donors (Lipinski definition) is 2. The number of fused-ring (bicyclic) bond motifs is 3. The highest BCUT2D eigenvalue weighted by Crippen LogP contribution is 2.52. The summed E-state index contributed by atoms with van der Waals surface area (Å²) in [6.45, 7) is 0. The van der Waals surface area contributed by atoms with Crippen LogP contribution in [-0.2, 0) is 6.42 Å². The summed E-state index contributed by atoms with van der Waals surface area (Å²) >= 11 is 0. The van der Waals surface area contributed by atoms with Gasteiger partial charge in [-0.25, -0.2) is 0 Å². The van der Waals surface area contributed by atoms with Crippen LogP contribution in [0.5, 0.6) is 17.2 Å². The second kappa shape index (κ2) is 6.04. The lowest BCUT2D eigenvalue weighted by atomic mass is 9.61. The number of hydrogen-bond acceptors (Lipinski definition) is 3. The van der Waals surface area contributed by atoms with E-state index in [1.807, 2.05) is 12.1 Å². The van der Waals surface area contributed by atoms with Gasteiger partial charge in [-0.3, -0.25) is 0 Å². The summed E-state index contributed by atoms with van der Waals surface area (Å²) in [6.07, 6.45) is 5.95. The van der Waals surface area contributed by atoms with E-state index in [4.69, 9.17) is 4.74 Å². The second-order valence-electron chi connectivity index (χ2n) is 7.18. The molecule has 126 valence electrons. The molecule has 3 atom stereocenters. The van der Waals surface area contributed by atoms with Crippen molar-refractivity contribution in [1.82, 2.24) is 0 Å². The normalized spacial score (nSPS) is 25.6. The molecule has 3 heteroatoms. The maximum absolute atomic E-state index is 10.2. The third-order valence-corrected chi connectivity index (χ3v) is 5.94. The Morgan fingerprint density at radius 2 is 1.71 bits per heavy atom. The highest BCUT2D eigenvalue weighted by atomic mass is 16.5. The lowest BCUT2D eigenvalue weighted by Crippen LogP contribution is -2.30. The van der Waals surface area contributed by atoms with Crippen LogP contribution < -0.4 is 4.74 Å². The zero-order valence-corrected chi connectivity index (χ0v) is 14.0. The molecule has 0 radical (unpaired) electrons. The molecule has 4 rings (SSSR count). The first-order chi connectivity index (χ1) is 11.7. The molecule has 2 N–H and O–H groups in total. The monoisotopic (exact) mass is 324 g/mol. The average Bonchev–Trinajstić information content (AvgIpc) is 2.61. The van der Waals surface area contributed by atoms with Crippen LogP contribution in [0, 0.1) is 5.92 Å². The minimum absolute atomic E-state index is 0.253. The summed E-state index contributed by atoms with van der Waals surface area (Å²) in [4.78, 5) is 0. The Morgan fingerprint density at radius 3 is 2.46 bits per heavy atom. The van der Waals surface area contributed by atoms with Crippen molar-refractivity contribution in [3.05, 3.63) is 53.1 Å². The molecule has 0 spiro atoms. The Hall–Kier alpha value is -2.16. The van der Waals surface area contributed by atoms with Gasteiger partial charge in [0.15, 0.2) is 11.5 Å². The van der Waals surface area contributed by atoms with Crippen LogP contribution >= 0.6 is 0 Å². The van der Waals surface area contributed by atoms with E-state index in [9.17, 15) is 10.2 Å². The summed E-state index contributed by atoms with van der Waals surface area (Å²) in [7, 11) is 1.60. The van der Waals surface area contributed by atoms with Crippen molar-refractivity contribution in [1.29, 1.82) is 0 Å². The van der Waals surface area contributed by atoms with Gasteiger partial charge in [0.05, 0.1) is 7.11 Å². The van der Waals surface area contributed by atoms with Gasteiger partial charge in [-0.15, -0.1) is 0 Å². The first kappa shape index (κ1) is 15.4. The summed E-state index contributed by atoms with van der Waals surface area (Å²) in [6, 6.07) is 11.7. The van der Waals surface area contributed by atoms with Crippen molar-refractivity contribution in [2.24, 2.45) is 5.92 Å². The maximum atomic E-state index is 10.2. The van der Waals surface area contributed by atoms with E-state index in [-0.39, 0.29) is 5.75 Å². The Morgan fingerprint density at radius 1 is 0.958 bits per heavy atom. The van der Waals surface area contributed by atoms with Crippen LogP contribution in [0.25, 0.3) is 0 Å². The van der Waals surface area contributed by atoms with Gasteiger partial charge < -0.3 is 14.9 Å². The predicted octanol–water partition coefficient (Wildman–Crippen LogP) is 4.72. The van der Waals surface area contributed by atoms with E-state index in [1.54, 1.807) is 19.2 Å². The van der Waals surface area contributed by atoms with Gasteiger partial charge in [-0.05, 0) is 78.0 Å². The van der Waals surface area contributed by atoms with Gasteiger partial charge in [0.1, 0.15) is 5.75 Å². The third kappa shape index (κ3) is 2.52. The van der Waals surface area contributed by atoms with Gasteiger partial charge in [0, 0.05) is 0 Å². The second-order valence-corrected chi connectivity index (χ2v) is 7.18. The van der Waals surface area contributed by atoms with Crippen molar-refractivity contribution < 1.29 is 14.9 Å². The van der Waals surface area contributed by atoms with E-state index < -0.39 is 0 Å². The van der Waals surface area contributed by atoms with E-state index in [0.717, 1.165) is 6.42 Å². The first-order valence-electron chi connectivity index (χ1n) is 8.86. The SMILES string of the molecule is COc1cc2c(cc1O)C1CCCCC1C(c1ccc(O)cc1)C2. The number of phenolic OH excluding ortho intramolecular Hbond substituents is 2. The molecule has 3 unspecified atom stereocenters. The van der Waals surface area contributed by atoms with Crippen LogP contribution in [-0.4, -0.2) is 17.3 Å². The topological polar surface area (TPSA) is 49.7 Å². The van der Waals surface area contributed by atoms with Crippen LogP contribution in [0.3, 0.4) is 0 Å². The highest BCUT2D eigenvalue weighted by molar-refractivity contribution is 5.50. The zero-order chi connectivity index (χ0) is 16.7. The van der Waals surface area contributed by atoms with Crippen LogP contribution in [0.2, 0.25) is 0 Å². The molecule has 0 amide bonds. The Bertz CT molecular complexity index is 735. The van der Waals surface area contributed by atoms with Crippen LogP contribution in [0.4, 0.5) is 0 Å². The summed E-state index contributed by atoms with van der Waals surface area (Å²) in [5, 5.41) is 19.8. The van der Waals surface area contributed by atoms with Crippen molar-refractivity contribution in [2.45, 2.75) is 43.9 Å². The van der Waals surface area contributed by atoms with Crippen LogP contribution in [0.1, 0.15) is 54.2 Å². The smallest absolute Gasteiger partial charge is 0.160 e. The number of phenols is 2. The Kier molecular flexibility index (Phi) is 3.87. The van der Waals surface area contributed by atoms with Gasteiger partial charge in [0.2, 0.25) is 0 Å². The minimum Gasteiger partial charge on any atom is -0.508 e. The molecule has 0 aromatic heterocycles.